The standard InChI is InChI=1S/C24H26N6.H2O/c1-3-7-19(8-4-1)21(20-9-5-2-6-10-20)11-12-29-13-15-30(16-14-29)24-25-17-22-23(28-24)27-18-26-22;/h1-10,17-18,21H,11-16H2,(H,25,26,27,28);1H2. The fourth-order valence-corrected chi connectivity index (χ4v) is 4.26. The number of piperazine rings is 1. The zero-order valence-electron chi connectivity index (χ0n) is 17.5. The summed E-state index contributed by atoms with van der Waals surface area (Å²) in [6.07, 6.45) is 4.60. The summed E-state index contributed by atoms with van der Waals surface area (Å²) in [7, 11) is 0. The minimum absolute atomic E-state index is 0. The van der Waals surface area contributed by atoms with Crippen molar-refractivity contribution in [2.24, 2.45) is 0 Å². The summed E-state index contributed by atoms with van der Waals surface area (Å²) in [6.45, 7) is 5.02. The zero-order chi connectivity index (χ0) is 20.2. The number of rotatable bonds is 6. The first kappa shape index (κ1) is 21.0. The molecule has 0 saturated carbocycles. The topological polar surface area (TPSA) is 92.4 Å². The molecule has 0 atom stereocenters. The largest absolute Gasteiger partial charge is 0.412 e. The van der Waals surface area contributed by atoms with E-state index in [0.29, 0.717) is 5.92 Å². The Morgan fingerprint density at radius 3 is 2.13 bits per heavy atom. The van der Waals surface area contributed by atoms with Crippen LogP contribution in [0.25, 0.3) is 11.2 Å². The highest BCUT2D eigenvalue weighted by Gasteiger charge is 2.21. The van der Waals surface area contributed by atoms with Crippen LogP contribution in [0.3, 0.4) is 0 Å². The van der Waals surface area contributed by atoms with Crippen molar-refractivity contribution in [3.8, 4) is 0 Å². The van der Waals surface area contributed by atoms with E-state index in [1.165, 1.54) is 11.1 Å². The van der Waals surface area contributed by atoms with Gasteiger partial charge in [0.2, 0.25) is 5.95 Å². The molecule has 0 spiro atoms. The monoisotopic (exact) mass is 416 g/mol. The maximum absolute atomic E-state index is 4.59. The van der Waals surface area contributed by atoms with Crippen molar-refractivity contribution >= 4 is 17.1 Å². The number of imidazole rings is 1. The lowest BCUT2D eigenvalue weighted by Crippen LogP contribution is -2.47. The maximum atomic E-state index is 4.59. The van der Waals surface area contributed by atoms with E-state index in [-0.39, 0.29) is 5.48 Å². The van der Waals surface area contributed by atoms with Gasteiger partial charge in [-0.15, -0.1) is 0 Å². The Kier molecular flexibility index (Phi) is 6.54. The highest BCUT2D eigenvalue weighted by Crippen LogP contribution is 2.28. The average molecular weight is 417 g/mol. The van der Waals surface area contributed by atoms with Gasteiger partial charge in [-0.05, 0) is 24.1 Å². The molecule has 31 heavy (non-hydrogen) atoms. The van der Waals surface area contributed by atoms with Crippen LogP contribution in [-0.2, 0) is 0 Å². The van der Waals surface area contributed by atoms with Gasteiger partial charge in [0.05, 0.1) is 12.5 Å². The van der Waals surface area contributed by atoms with E-state index >= 15 is 0 Å². The molecule has 1 fully saturated rings. The van der Waals surface area contributed by atoms with Crippen LogP contribution in [0.15, 0.2) is 73.2 Å². The van der Waals surface area contributed by atoms with Gasteiger partial charge in [-0.3, -0.25) is 4.90 Å². The van der Waals surface area contributed by atoms with Gasteiger partial charge in [-0.1, -0.05) is 60.7 Å². The summed E-state index contributed by atoms with van der Waals surface area (Å²) in [5.74, 6) is 1.21. The molecule has 0 amide bonds. The number of anilines is 1. The minimum Gasteiger partial charge on any atom is -0.412 e. The lowest BCUT2D eigenvalue weighted by atomic mass is 9.88. The Hall–Kier alpha value is -3.29. The van der Waals surface area contributed by atoms with E-state index in [0.717, 1.165) is 56.3 Å². The molecule has 0 radical (unpaired) electrons. The Morgan fingerprint density at radius 2 is 1.48 bits per heavy atom. The van der Waals surface area contributed by atoms with E-state index in [4.69, 9.17) is 0 Å². The van der Waals surface area contributed by atoms with Gasteiger partial charge in [-0.25, -0.2) is 9.97 Å². The third-order valence-electron chi connectivity index (χ3n) is 5.96. The van der Waals surface area contributed by atoms with Crippen LogP contribution >= 0.6 is 0 Å². The average Bonchev–Trinajstić information content (AvgIpc) is 3.29. The van der Waals surface area contributed by atoms with Crippen molar-refractivity contribution in [2.75, 3.05) is 37.6 Å². The third kappa shape index (κ3) is 4.73. The summed E-state index contributed by atoms with van der Waals surface area (Å²) in [4.78, 5) is 21.2. The van der Waals surface area contributed by atoms with Crippen molar-refractivity contribution < 1.29 is 5.48 Å². The third-order valence-corrected chi connectivity index (χ3v) is 5.96. The molecule has 1 aliphatic heterocycles. The van der Waals surface area contributed by atoms with Crippen LogP contribution < -0.4 is 4.90 Å². The maximum Gasteiger partial charge on any atom is 0.227 e. The molecule has 0 aliphatic carbocycles. The van der Waals surface area contributed by atoms with Crippen LogP contribution in [0.1, 0.15) is 23.5 Å². The first-order valence-electron chi connectivity index (χ1n) is 10.6. The number of nitrogens with zero attached hydrogens (tertiary/aromatic N) is 5. The summed E-state index contributed by atoms with van der Waals surface area (Å²) < 4.78 is 0. The second-order valence-electron chi connectivity index (χ2n) is 7.80. The van der Waals surface area contributed by atoms with Gasteiger partial charge in [0.15, 0.2) is 5.65 Å². The molecule has 4 aromatic rings. The van der Waals surface area contributed by atoms with Crippen LogP contribution in [0, 0.1) is 0 Å². The predicted octanol–water partition coefficient (Wildman–Crippen LogP) is 2.87. The van der Waals surface area contributed by atoms with Gasteiger partial charge in [-0.2, -0.15) is 4.98 Å². The fourth-order valence-electron chi connectivity index (χ4n) is 4.26. The van der Waals surface area contributed by atoms with Crippen molar-refractivity contribution in [1.29, 1.82) is 0 Å². The van der Waals surface area contributed by atoms with Gasteiger partial charge in [0.25, 0.3) is 0 Å². The molecule has 3 N–H and O–H groups in total. The normalized spacial score (nSPS) is 14.7. The second-order valence-corrected chi connectivity index (χ2v) is 7.80. The van der Waals surface area contributed by atoms with E-state index in [1.54, 1.807) is 6.33 Å². The van der Waals surface area contributed by atoms with Gasteiger partial charge in [0, 0.05) is 32.1 Å². The lowest BCUT2D eigenvalue weighted by molar-refractivity contribution is 0.250. The summed E-state index contributed by atoms with van der Waals surface area (Å²) in [5, 5.41) is 0. The molecule has 1 saturated heterocycles. The van der Waals surface area contributed by atoms with Crippen molar-refractivity contribution in [1.82, 2.24) is 24.8 Å². The van der Waals surface area contributed by atoms with E-state index < -0.39 is 0 Å². The predicted molar refractivity (Wildman–Crippen MR) is 123 cm³/mol. The van der Waals surface area contributed by atoms with E-state index in [2.05, 4.69) is 90.4 Å². The molecule has 160 valence electrons. The summed E-state index contributed by atoms with van der Waals surface area (Å²) >= 11 is 0. The number of hydrogen-bond acceptors (Lipinski definition) is 5. The highest BCUT2D eigenvalue weighted by atomic mass is 16.0. The first-order chi connectivity index (χ1) is 14.9. The second kappa shape index (κ2) is 9.68. The Morgan fingerprint density at radius 1 is 0.839 bits per heavy atom. The molecule has 2 aromatic carbocycles. The zero-order valence-corrected chi connectivity index (χ0v) is 17.5. The van der Waals surface area contributed by atoms with Crippen molar-refractivity contribution in [3.05, 3.63) is 84.3 Å². The SMILES string of the molecule is O.c1ccc(C(CCN2CCN(c3ncc4[nH]cnc4n3)CC2)c2ccccc2)cc1. The number of H-pyrrole nitrogens is 1. The molecule has 0 unspecified atom stereocenters. The molecule has 2 aromatic heterocycles. The van der Waals surface area contributed by atoms with Crippen LogP contribution in [-0.4, -0.2) is 63.0 Å². The minimum atomic E-state index is 0. The lowest BCUT2D eigenvalue weighted by Gasteiger charge is -2.35. The molecule has 1 aliphatic rings. The first-order valence-corrected chi connectivity index (χ1v) is 10.6. The Labute approximate surface area is 182 Å². The van der Waals surface area contributed by atoms with Crippen LogP contribution in [0.4, 0.5) is 5.95 Å². The highest BCUT2D eigenvalue weighted by molar-refractivity contribution is 5.69. The number of benzene rings is 2. The molecule has 0 bridgehead atoms. The number of aromatic amines is 1. The summed E-state index contributed by atoms with van der Waals surface area (Å²) in [6, 6.07) is 21.7. The van der Waals surface area contributed by atoms with Crippen LogP contribution in [0.5, 0.6) is 0 Å². The van der Waals surface area contributed by atoms with E-state index in [1.807, 2.05) is 6.20 Å². The fraction of sp³-hybridized carbons (Fsp3) is 0.292. The molecule has 5 rings (SSSR count). The van der Waals surface area contributed by atoms with Crippen LogP contribution in [0.2, 0.25) is 0 Å². The number of hydrogen-bond donors (Lipinski definition) is 1. The quantitative estimate of drug-likeness (QED) is 0.522. The number of fused-ring (bicyclic) bond motifs is 1. The molecule has 3 heterocycles. The van der Waals surface area contributed by atoms with Gasteiger partial charge in [0.1, 0.15) is 5.52 Å². The number of aromatic nitrogens is 4. The number of nitrogens with one attached hydrogen (secondary N) is 1. The van der Waals surface area contributed by atoms with Crippen molar-refractivity contribution in [2.45, 2.75) is 12.3 Å². The molecule has 7 heteroatoms. The van der Waals surface area contributed by atoms with E-state index in [9.17, 15) is 0 Å². The van der Waals surface area contributed by atoms with Gasteiger partial charge >= 0.3 is 0 Å². The van der Waals surface area contributed by atoms with Crippen molar-refractivity contribution in [3.63, 3.8) is 0 Å². The Balaban J connectivity index is 0.00000231. The Bertz CT molecular complexity index is 1040. The summed E-state index contributed by atoms with van der Waals surface area (Å²) in [5.41, 5.74) is 4.40. The van der Waals surface area contributed by atoms with Gasteiger partial charge < -0.3 is 15.4 Å². The smallest absolute Gasteiger partial charge is 0.227 e. The molecular weight excluding hydrogens is 388 g/mol. The molecule has 7 nitrogen and oxygen atoms in total. The molecular formula is C24H28N6O.